The van der Waals surface area contributed by atoms with Crippen LogP contribution in [-0.2, 0) is 20.6 Å². The summed E-state index contributed by atoms with van der Waals surface area (Å²) in [6.45, 7) is 2.80. The van der Waals surface area contributed by atoms with Gasteiger partial charge in [0.15, 0.2) is 0 Å². The van der Waals surface area contributed by atoms with Gasteiger partial charge in [0.25, 0.3) is 5.56 Å². The maximum absolute atomic E-state index is 12.0. The molecule has 0 radical (unpaired) electrons. The van der Waals surface area contributed by atoms with E-state index in [2.05, 4.69) is 12.2 Å². The van der Waals surface area contributed by atoms with Crippen LogP contribution < -0.4 is 16.6 Å². The number of rotatable bonds is 4. The summed E-state index contributed by atoms with van der Waals surface area (Å²) < 4.78 is 2.64. The lowest BCUT2D eigenvalue weighted by Crippen LogP contribution is -2.41. The van der Waals surface area contributed by atoms with Crippen LogP contribution in [0, 0.1) is 5.92 Å². The van der Waals surface area contributed by atoms with Crippen LogP contribution in [0.1, 0.15) is 44.6 Å². The van der Waals surface area contributed by atoms with Crippen molar-refractivity contribution in [3.05, 3.63) is 32.6 Å². The summed E-state index contributed by atoms with van der Waals surface area (Å²) in [5.74, 6) is 0.874. The molecule has 2 rings (SSSR count). The second kappa shape index (κ2) is 6.39. The van der Waals surface area contributed by atoms with Crippen LogP contribution in [0.15, 0.2) is 15.8 Å². The molecule has 1 aromatic rings. The molecule has 0 atom stereocenters. The van der Waals surface area contributed by atoms with E-state index in [-0.39, 0.29) is 11.2 Å². The topological polar surface area (TPSA) is 56.0 Å². The monoisotopic (exact) mass is 279 g/mol. The predicted molar refractivity (Wildman–Crippen MR) is 79.8 cm³/mol. The highest BCUT2D eigenvalue weighted by Crippen LogP contribution is 2.26. The predicted octanol–water partition coefficient (Wildman–Crippen LogP) is 1.14. The van der Waals surface area contributed by atoms with Crippen molar-refractivity contribution < 1.29 is 0 Å². The molecular formula is C15H25N3O2. The molecule has 1 N–H and O–H groups in total. The van der Waals surface area contributed by atoms with Crippen molar-refractivity contribution in [1.82, 2.24) is 14.5 Å². The Morgan fingerprint density at radius 1 is 1.20 bits per heavy atom. The van der Waals surface area contributed by atoms with Gasteiger partial charge < -0.3 is 9.88 Å². The summed E-state index contributed by atoms with van der Waals surface area (Å²) in [4.78, 5) is 23.6. The smallest absolute Gasteiger partial charge is 0.310 e. The van der Waals surface area contributed by atoms with Gasteiger partial charge in [0.05, 0.1) is 0 Å². The molecule has 0 aliphatic heterocycles. The Morgan fingerprint density at radius 2 is 1.85 bits per heavy atom. The summed E-state index contributed by atoms with van der Waals surface area (Å²) in [7, 11) is 3.21. The standard InChI is InChI=1S/C15H25N3O2/c1-4-11-5-7-13(8-6-11)16-9-12-10-17(2)15(20)18(3)14(12)19/h10-11,13,16H,4-9H2,1-3H3. The number of nitrogens with one attached hydrogen (secondary N) is 1. The van der Waals surface area contributed by atoms with Crippen molar-refractivity contribution in [2.75, 3.05) is 0 Å². The zero-order valence-electron chi connectivity index (χ0n) is 12.7. The number of aromatic nitrogens is 2. The number of hydrogen-bond donors (Lipinski definition) is 1. The third kappa shape index (κ3) is 3.20. The zero-order valence-corrected chi connectivity index (χ0v) is 12.7. The minimum atomic E-state index is -0.276. The Bertz CT molecular complexity index is 565. The van der Waals surface area contributed by atoms with E-state index in [0.29, 0.717) is 18.2 Å². The largest absolute Gasteiger partial charge is 0.330 e. The van der Waals surface area contributed by atoms with E-state index in [9.17, 15) is 9.59 Å². The second-order valence-corrected chi connectivity index (χ2v) is 5.92. The third-order valence-electron chi connectivity index (χ3n) is 4.52. The van der Waals surface area contributed by atoms with Crippen molar-refractivity contribution in [3.63, 3.8) is 0 Å². The number of nitrogens with zero attached hydrogens (tertiary/aromatic N) is 2. The highest BCUT2D eigenvalue weighted by molar-refractivity contribution is 5.05. The molecule has 0 bridgehead atoms. The third-order valence-corrected chi connectivity index (χ3v) is 4.52. The average Bonchev–Trinajstić information content (AvgIpc) is 2.48. The van der Waals surface area contributed by atoms with Gasteiger partial charge in [0, 0.05) is 38.4 Å². The molecule has 0 unspecified atom stereocenters. The SMILES string of the molecule is CCC1CCC(NCc2cn(C)c(=O)n(C)c2=O)CC1. The van der Waals surface area contributed by atoms with E-state index >= 15 is 0 Å². The highest BCUT2D eigenvalue weighted by atomic mass is 16.2. The van der Waals surface area contributed by atoms with Gasteiger partial charge in [-0.25, -0.2) is 4.79 Å². The lowest BCUT2D eigenvalue weighted by atomic mass is 9.84. The molecule has 0 spiro atoms. The molecule has 0 amide bonds. The van der Waals surface area contributed by atoms with Crippen molar-refractivity contribution in [3.8, 4) is 0 Å². The molecule has 5 nitrogen and oxygen atoms in total. The molecule has 20 heavy (non-hydrogen) atoms. The Hall–Kier alpha value is -1.36. The van der Waals surface area contributed by atoms with Gasteiger partial charge in [-0.05, 0) is 31.6 Å². The molecule has 5 heteroatoms. The summed E-state index contributed by atoms with van der Waals surface area (Å²) in [6.07, 6.45) is 7.84. The van der Waals surface area contributed by atoms with Crippen LogP contribution in [0.4, 0.5) is 0 Å². The van der Waals surface area contributed by atoms with Gasteiger partial charge in [-0.2, -0.15) is 0 Å². The van der Waals surface area contributed by atoms with E-state index in [4.69, 9.17) is 0 Å². The van der Waals surface area contributed by atoms with E-state index in [1.54, 1.807) is 13.2 Å². The quantitative estimate of drug-likeness (QED) is 0.899. The molecule has 0 aromatic carbocycles. The van der Waals surface area contributed by atoms with Crippen LogP contribution in [0.2, 0.25) is 0 Å². The Labute approximate surface area is 119 Å². The van der Waals surface area contributed by atoms with E-state index in [1.807, 2.05) is 0 Å². The van der Waals surface area contributed by atoms with Gasteiger partial charge in [-0.3, -0.25) is 9.36 Å². The van der Waals surface area contributed by atoms with Crippen molar-refractivity contribution >= 4 is 0 Å². The average molecular weight is 279 g/mol. The number of hydrogen-bond acceptors (Lipinski definition) is 3. The second-order valence-electron chi connectivity index (χ2n) is 5.92. The first-order valence-electron chi connectivity index (χ1n) is 7.51. The fraction of sp³-hybridized carbons (Fsp3) is 0.733. The maximum atomic E-state index is 12.0. The summed E-state index contributed by atoms with van der Waals surface area (Å²) in [5.41, 5.74) is 0.192. The molecule has 112 valence electrons. The van der Waals surface area contributed by atoms with E-state index in [0.717, 1.165) is 5.92 Å². The Balaban J connectivity index is 1.99. The zero-order chi connectivity index (χ0) is 14.7. The van der Waals surface area contributed by atoms with Gasteiger partial charge in [0.1, 0.15) is 0 Å². The van der Waals surface area contributed by atoms with E-state index < -0.39 is 0 Å². The Morgan fingerprint density at radius 3 is 2.45 bits per heavy atom. The molecule has 0 saturated heterocycles. The lowest BCUT2D eigenvalue weighted by Gasteiger charge is -2.28. The fourth-order valence-electron chi connectivity index (χ4n) is 3.03. The molecule has 1 saturated carbocycles. The van der Waals surface area contributed by atoms with Crippen LogP contribution >= 0.6 is 0 Å². The van der Waals surface area contributed by atoms with Crippen molar-refractivity contribution in [2.24, 2.45) is 20.0 Å². The van der Waals surface area contributed by atoms with Crippen LogP contribution in [-0.4, -0.2) is 15.2 Å². The lowest BCUT2D eigenvalue weighted by molar-refractivity contribution is 0.285. The first kappa shape index (κ1) is 15.0. The summed E-state index contributed by atoms with van der Waals surface area (Å²) >= 11 is 0. The fourth-order valence-corrected chi connectivity index (χ4v) is 3.03. The molecular weight excluding hydrogens is 254 g/mol. The first-order valence-corrected chi connectivity index (χ1v) is 7.51. The van der Waals surface area contributed by atoms with Crippen LogP contribution in [0.3, 0.4) is 0 Å². The van der Waals surface area contributed by atoms with E-state index in [1.165, 1.54) is 48.3 Å². The van der Waals surface area contributed by atoms with Gasteiger partial charge >= 0.3 is 5.69 Å². The number of aryl methyl sites for hydroxylation is 1. The minimum Gasteiger partial charge on any atom is -0.310 e. The Kier molecular flexibility index (Phi) is 4.81. The van der Waals surface area contributed by atoms with Gasteiger partial charge in [-0.1, -0.05) is 13.3 Å². The minimum absolute atomic E-state index is 0.192. The van der Waals surface area contributed by atoms with Crippen LogP contribution in [0.25, 0.3) is 0 Å². The normalized spacial score (nSPS) is 22.9. The molecule has 1 fully saturated rings. The summed E-state index contributed by atoms with van der Waals surface area (Å²) in [6, 6.07) is 0.500. The molecule has 1 heterocycles. The van der Waals surface area contributed by atoms with Crippen LogP contribution in [0.5, 0.6) is 0 Å². The van der Waals surface area contributed by atoms with Crippen molar-refractivity contribution in [1.29, 1.82) is 0 Å². The van der Waals surface area contributed by atoms with Crippen molar-refractivity contribution in [2.45, 2.75) is 51.6 Å². The highest BCUT2D eigenvalue weighted by Gasteiger charge is 2.19. The van der Waals surface area contributed by atoms with Gasteiger partial charge in [-0.15, -0.1) is 0 Å². The summed E-state index contributed by atoms with van der Waals surface area (Å²) in [5, 5.41) is 3.47. The molecule has 1 aromatic heterocycles. The van der Waals surface area contributed by atoms with Gasteiger partial charge in [0.2, 0.25) is 0 Å². The molecule has 1 aliphatic rings. The maximum Gasteiger partial charge on any atom is 0.330 e. The first-order chi connectivity index (χ1) is 9.52. The molecule has 1 aliphatic carbocycles.